The zero-order valence-corrected chi connectivity index (χ0v) is 13.6. The van der Waals surface area contributed by atoms with Crippen LogP contribution in [0.3, 0.4) is 0 Å². The molecule has 0 amide bonds. The van der Waals surface area contributed by atoms with E-state index in [2.05, 4.69) is 0 Å². The number of fused-ring (bicyclic) bond motifs is 1. The van der Waals surface area contributed by atoms with Crippen molar-refractivity contribution in [2.75, 3.05) is 13.7 Å². The molecule has 0 fully saturated rings. The van der Waals surface area contributed by atoms with Gasteiger partial charge in [0.05, 0.1) is 12.0 Å². The summed E-state index contributed by atoms with van der Waals surface area (Å²) in [4.78, 5) is 1.61. The largest absolute Gasteiger partial charge is 0.497 e. The van der Waals surface area contributed by atoms with Crippen molar-refractivity contribution in [2.24, 2.45) is 0 Å². The standard InChI is InChI=1S/C15H17NO3S2/c1-11-14-8-10-20-15(14)7-9-16(11)21(17,18)13-5-3-12(19-2)4-6-13/h3-6,8,10-11H,7,9H2,1-2H3/t11-/m1/s1. The van der Waals surface area contributed by atoms with Gasteiger partial charge in [-0.05, 0) is 54.6 Å². The zero-order valence-electron chi connectivity index (χ0n) is 11.9. The molecule has 1 aromatic heterocycles. The Kier molecular flexibility index (Phi) is 3.77. The van der Waals surface area contributed by atoms with E-state index in [1.54, 1.807) is 47.0 Å². The third kappa shape index (κ3) is 2.47. The second kappa shape index (κ2) is 5.44. The van der Waals surface area contributed by atoms with Crippen LogP contribution in [0.25, 0.3) is 0 Å². The topological polar surface area (TPSA) is 46.6 Å². The second-order valence-corrected chi connectivity index (χ2v) is 7.91. The lowest BCUT2D eigenvalue weighted by atomic mass is 10.0. The van der Waals surface area contributed by atoms with Crippen LogP contribution < -0.4 is 4.74 Å². The summed E-state index contributed by atoms with van der Waals surface area (Å²) in [7, 11) is -1.91. The van der Waals surface area contributed by atoms with Crippen LogP contribution in [0.5, 0.6) is 5.75 Å². The molecule has 112 valence electrons. The highest BCUT2D eigenvalue weighted by atomic mass is 32.2. The molecule has 0 aliphatic carbocycles. The fourth-order valence-electron chi connectivity index (χ4n) is 2.70. The van der Waals surface area contributed by atoms with E-state index in [-0.39, 0.29) is 6.04 Å². The Balaban J connectivity index is 1.95. The summed E-state index contributed by atoms with van der Waals surface area (Å²) in [5.74, 6) is 0.653. The van der Waals surface area contributed by atoms with Crippen LogP contribution in [-0.4, -0.2) is 26.4 Å². The predicted octanol–water partition coefficient (Wildman–Crippen LogP) is 3.06. The summed E-state index contributed by atoms with van der Waals surface area (Å²) in [6.45, 7) is 2.48. The number of thiophene rings is 1. The molecule has 0 N–H and O–H groups in total. The van der Waals surface area contributed by atoms with E-state index in [9.17, 15) is 8.42 Å². The zero-order chi connectivity index (χ0) is 15.0. The minimum atomic E-state index is -3.47. The maximum atomic E-state index is 12.8. The Bertz CT molecular complexity index is 735. The molecule has 1 aliphatic rings. The van der Waals surface area contributed by atoms with E-state index in [1.165, 1.54) is 4.88 Å². The first-order chi connectivity index (χ1) is 10.0. The van der Waals surface area contributed by atoms with E-state index in [1.807, 2.05) is 18.4 Å². The molecule has 6 heteroatoms. The van der Waals surface area contributed by atoms with Crippen LogP contribution in [0, 0.1) is 0 Å². The minimum absolute atomic E-state index is 0.118. The molecule has 1 aliphatic heterocycles. The highest BCUT2D eigenvalue weighted by Crippen LogP contribution is 2.36. The van der Waals surface area contributed by atoms with Crippen LogP contribution in [0.1, 0.15) is 23.4 Å². The number of ether oxygens (including phenoxy) is 1. The first-order valence-corrected chi connectivity index (χ1v) is 9.08. The fraction of sp³-hybridized carbons (Fsp3) is 0.333. The van der Waals surface area contributed by atoms with Crippen molar-refractivity contribution >= 4 is 21.4 Å². The first kappa shape index (κ1) is 14.6. The lowest BCUT2D eigenvalue weighted by Crippen LogP contribution is -2.38. The summed E-state index contributed by atoms with van der Waals surface area (Å²) in [5.41, 5.74) is 1.13. The summed E-state index contributed by atoms with van der Waals surface area (Å²) < 4.78 is 32.3. The van der Waals surface area contributed by atoms with E-state index in [0.29, 0.717) is 17.2 Å². The Labute approximate surface area is 129 Å². The number of rotatable bonds is 3. The van der Waals surface area contributed by atoms with Gasteiger partial charge >= 0.3 is 0 Å². The van der Waals surface area contributed by atoms with E-state index in [0.717, 1.165) is 12.0 Å². The van der Waals surface area contributed by atoms with Crippen molar-refractivity contribution in [3.8, 4) is 5.75 Å². The maximum absolute atomic E-state index is 12.8. The highest BCUT2D eigenvalue weighted by Gasteiger charge is 2.34. The van der Waals surface area contributed by atoms with Gasteiger partial charge in [0.15, 0.2) is 0 Å². The number of nitrogens with zero attached hydrogens (tertiary/aromatic N) is 1. The van der Waals surface area contributed by atoms with Crippen LogP contribution in [-0.2, 0) is 16.4 Å². The van der Waals surface area contributed by atoms with Crippen LogP contribution in [0.4, 0.5) is 0 Å². The van der Waals surface area contributed by atoms with Gasteiger partial charge < -0.3 is 4.74 Å². The van der Waals surface area contributed by atoms with Gasteiger partial charge in [0.25, 0.3) is 0 Å². The maximum Gasteiger partial charge on any atom is 0.243 e. The normalized spacial score (nSPS) is 19.2. The molecule has 1 aromatic carbocycles. The molecule has 0 unspecified atom stereocenters. The predicted molar refractivity (Wildman–Crippen MR) is 83.3 cm³/mol. The van der Waals surface area contributed by atoms with E-state index in [4.69, 9.17) is 4.74 Å². The van der Waals surface area contributed by atoms with Gasteiger partial charge in [-0.3, -0.25) is 0 Å². The molecule has 2 heterocycles. The molecule has 2 aromatic rings. The van der Waals surface area contributed by atoms with Gasteiger partial charge in [-0.25, -0.2) is 8.42 Å². The van der Waals surface area contributed by atoms with E-state index >= 15 is 0 Å². The number of hydrogen-bond acceptors (Lipinski definition) is 4. The fourth-order valence-corrected chi connectivity index (χ4v) is 5.27. The molecule has 21 heavy (non-hydrogen) atoms. The van der Waals surface area contributed by atoms with Crippen molar-refractivity contribution in [1.82, 2.24) is 4.31 Å². The lowest BCUT2D eigenvalue weighted by Gasteiger charge is -2.32. The quantitative estimate of drug-likeness (QED) is 0.872. The van der Waals surface area contributed by atoms with Crippen molar-refractivity contribution < 1.29 is 13.2 Å². The molecular weight excluding hydrogens is 306 g/mol. The van der Waals surface area contributed by atoms with Gasteiger partial charge in [-0.2, -0.15) is 4.31 Å². The molecule has 0 saturated carbocycles. The average molecular weight is 323 g/mol. The van der Waals surface area contributed by atoms with Crippen LogP contribution >= 0.6 is 11.3 Å². The Morgan fingerprint density at radius 1 is 1.24 bits per heavy atom. The molecule has 3 rings (SSSR count). The molecule has 0 saturated heterocycles. The third-order valence-electron chi connectivity index (χ3n) is 3.89. The summed E-state index contributed by atoms with van der Waals surface area (Å²) in [6, 6.07) is 8.47. The minimum Gasteiger partial charge on any atom is -0.497 e. The first-order valence-electron chi connectivity index (χ1n) is 6.76. The molecule has 1 atom stereocenters. The average Bonchev–Trinajstić information content (AvgIpc) is 2.97. The summed E-state index contributed by atoms with van der Waals surface area (Å²) in [5, 5.41) is 2.03. The lowest BCUT2D eigenvalue weighted by molar-refractivity contribution is 0.329. The van der Waals surface area contributed by atoms with Gasteiger partial charge in [0, 0.05) is 17.5 Å². The summed E-state index contributed by atoms with van der Waals surface area (Å²) in [6.07, 6.45) is 0.784. The number of sulfonamides is 1. The molecule has 0 radical (unpaired) electrons. The second-order valence-electron chi connectivity index (χ2n) is 5.02. The van der Waals surface area contributed by atoms with Crippen molar-refractivity contribution in [1.29, 1.82) is 0 Å². The summed E-state index contributed by atoms with van der Waals surface area (Å²) >= 11 is 1.70. The van der Waals surface area contributed by atoms with Crippen LogP contribution in [0.15, 0.2) is 40.6 Å². The monoisotopic (exact) mass is 323 g/mol. The number of benzene rings is 1. The Morgan fingerprint density at radius 3 is 2.62 bits per heavy atom. The Hall–Kier alpha value is -1.37. The highest BCUT2D eigenvalue weighted by molar-refractivity contribution is 7.89. The van der Waals surface area contributed by atoms with Gasteiger partial charge in [0.2, 0.25) is 10.0 Å². The van der Waals surface area contributed by atoms with Crippen molar-refractivity contribution in [3.63, 3.8) is 0 Å². The Morgan fingerprint density at radius 2 is 1.95 bits per heavy atom. The number of hydrogen-bond donors (Lipinski definition) is 0. The van der Waals surface area contributed by atoms with Crippen molar-refractivity contribution in [3.05, 3.63) is 46.2 Å². The smallest absolute Gasteiger partial charge is 0.243 e. The van der Waals surface area contributed by atoms with Crippen LogP contribution in [0.2, 0.25) is 0 Å². The van der Waals surface area contributed by atoms with Gasteiger partial charge in [-0.1, -0.05) is 0 Å². The van der Waals surface area contributed by atoms with Gasteiger partial charge in [-0.15, -0.1) is 11.3 Å². The third-order valence-corrected chi connectivity index (χ3v) is 6.87. The molecule has 0 bridgehead atoms. The van der Waals surface area contributed by atoms with Crippen molar-refractivity contribution in [2.45, 2.75) is 24.3 Å². The molecular formula is C15H17NO3S2. The molecule has 4 nitrogen and oxygen atoms in total. The SMILES string of the molecule is COc1ccc(S(=O)(=O)N2CCc3sccc3[C@H]2C)cc1. The van der Waals surface area contributed by atoms with Gasteiger partial charge in [0.1, 0.15) is 5.75 Å². The molecule has 0 spiro atoms. The number of methoxy groups -OCH3 is 1. The van der Waals surface area contributed by atoms with E-state index < -0.39 is 10.0 Å².